The molecule has 7 nitrogen and oxygen atoms in total. The van der Waals surface area contributed by atoms with Crippen molar-refractivity contribution in [1.82, 2.24) is 10.1 Å². The van der Waals surface area contributed by atoms with E-state index in [-0.39, 0.29) is 24.8 Å². The summed E-state index contributed by atoms with van der Waals surface area (Å²) in [6, 6.07) is 7.63. The Labute approximate surface area is 133 Å². The maximum Gasteiger partial charge on any atom is 0.311 e. The number of aromatic nitrogens is 2. The Kier molecular flexibility index (Phi) is 4.10. The van der Waals surface area contributed by atoms with E-state index in [4.69, 9.17) is 9.26 Å². The maximum atomic E-state index is 12.1. The van der Waals surface area contributed by atoms with Gasteiger partial charge in [-0.3, -0.25) is 9.59 Å². The number of carbonyl (C=O) groups excluding carboxylic acids is 2. The van der Waals surface area contributed by atoms with Gasteiger partial charge in [0, 0.05) is 18.7 Å². The van der Waals surface area contributed by atoms with Crippen LogP contribution >= 0.6 is 0 Å². The lowest BCUT2D eigenvalue weighted by atomic mass is 10.1. The predicted molar refractivity (Wildman–Crippen MR) is 80.5 cm³/mol. The normalized spacial score (nSPS) is 17.6. The molecule has 1 fully saturated rings. The van der Waals surface area contributed by atoms with E-state index in [9.17, 15) is 9.59 Å². The molecular formula is C16H17N3O4. The lowest BCUT2D eigenvalue weighted by Crippen LogP contribution is -2.26. The Hall–Kier alpha value is -2.70. The molecule has 0 aliphatic carbocycles. The predicted octanol–water partition coefficient (Wildman–Crippen LogP) is 1.78. The fourth-order valence-corrected chi connectivity index (χ4v) is 2.49. The van der Waals surface area contributed by atoms with Gasteiger partial charge in [0.25, 0.3) is 5.89 Å². The van der Waals surface area contributed by atoms with Gasteiger partial charge in [-0.15, -0.1) is 0 Å². The Morgan fingerprint density at radius 1 is 1.35 bits per heavy atom. The molecule has 0 N–H and O–H groups in total. The molecule has 1 atom stereocenters. The van der Waals surface area contributed by atoms with Crippen LogP contribution in [0.25, 0.3) is 0 Å². The zero-order valence-electron chi connectivity index (χ0n) is 13.0. The third-order valence-corrected chi connectivity index (χ3v) is 3.71. The lowest BCUT2D eigenvalue weighted by molar-refractivity contribution is -0.150. The minimum atomic E-state index is -0.479. The molecular weight excluding hydrogens is 298 g/mol. The number of ether oxygens (including phenoxy) is 1. The summed E-state index contributed by atoms with van der Waals surface area (Å²) in [5.74, 6) is -0.255. The van der Waals surface area contributed by atoms with E-state index in [1.54, 1.807) is 11.8 Å². The van der Waals surface area contributed by atoms with Gasteiger partial charge in [-0.2, -0.15) is 4.98 Å². The van der Waals surface area contributed by atoms with E-state index < -0.39 is 11.9 Å². The van der Waals surface area contributed by atoms with Gasteiger partial charge in [0.1, 0.15) is 0 Å². The number of carbonyl (C=O) groups is 2. The number of aryl methyl sites for hydroxylation is 2. The van der Waals surface area contributed by atoms with Gasteiger partial charge in [0.15, 0.2) is 12.4 Å². The molecule has 0 saturated carbocycles. The molecule has 1 aromatic carbocycles. The minimum absolute atomic E-state index is 0.0745. The first-order valence-electron chi connectivity index (χ1n) is 7.36. The van der Waals surface area contributed by atoms with E-state index in [1.807, 2.05) is 31.2 Å². The van der Waals surface area contributed by atoms with Crippen molar-refractivity contribution >= 4 is 17.6 Å². The summed E-state index contributed by atoms with van der Waals surface area (Å²) in [5.41, 5.74) is 1.91. The van der Waals surface area contributed by atoms with Crippen molar-refractivity contribution in [2.75, 3.05) is 11.4 Å². The highest BCUT2D eigenvalue weighted by atomic mass is 16.6. The molecule has 0 bridgehead atoms. The number of nitrogens with zero attached hydrogens (tertiary/aromatic N) is 3. The van der Waals surface area contributed by atoms with Crippen LogP contribution in [-0.2, 0) is 20.9 Å². The fraction of sp³-hybridized carbons (Fsp3) is 0.375. The summed E-state index contributed by atoms with van der Waals surface area (Å²) in [5, 5.41) is 3.62. The second-order valence-corrected chi connectivity index (χ2v) is 5.58. The molecule has 1 aliphatic rings. The molecule has 3 rings (SSSR count). The quantitative estimate of drug-likeness (QED) is 0.800. The molecule has 0 radical (unpaired) electrons. The highest BCUT2D eigenvalue weighted by Crippen LogP contribution is 2.26. The second-order valence-electron chi connectivity index (χ2n) is 5.58. The number of benzene rings is 1. The smallest absolute Gasteiger partial charge is 0.311 e. The summed E-state index contributed by atoms with van der Waals surface area (Å²) in [6.45, 7) is 3.91. The average Bonchev–Trinajstić information content (AvgIpc) is 3.12. The first kappa shape index (κ1) is 15.2. The topological polar surface area (TPSA) is 85.5 Å². The van der Waals surface area contributed by atoms with Gasteiger partial charge in [-0.25, -0.2) is 0 Å². The number of anilines is 1. The van der Waals surface area contributed by atoms with E-state index in [0.29, 0.717) is 12.4 Å². The molecule has 1 aliphatic heterocycles. The minimum Gasteiger partial charge on any atom is -0.455 e. The molecule has 2 aromatic rings. The molecule has 0 spiro atoms. The summed E-state index contributed by atoms with van der Waals surface area (Å²) in [6.07, 6.45) is 0.148. The monoisotopic (exact) mass is 315 g/mol. The van der Waals surface area contributed by atoms with Crippen LogP contribution in [0.1, 0.15) is 23.7 Å². The molecule has 23 heavy (non-hydrogen) atoms. The summed E-state index contributed by atoms with van der Waals surface area (Å²) < 4.78 is 10.0. The standard InChI is InChI=1S/C16H17N3O4/c1-10-3-5-13(6-4-10)19-8-12(7-15(19)20)16(21)22-9-14-17-11(2)18-23-14/h3-6,12H,7-9H2,1-2H3. The molecule has 120 valence electrons. The first-order chi connectivity index (χ1) is 11.0. The van der Waals surface area contributed by atoms with Crippen molar-refractivity contribution < 1.29 is 18.8 Å². The zero-order chi connectivity index (χ0) is 16.4. The van der Waals surface area contributed by atoms with Crippen LogP contribution in [0, 0.1) is 19.8 Å². The molecule has 1 saturated heterocycles. The Morgan fingerprint density at radius 3 is 2.74 bits per heavy atom. The molecule has 1 unspecified atom stereocenters. The maximum absolute atomic E-state index is 12.1. The number of hydrogen-bond acceptors (Lipinski definition) is 6. The van der Waals surface area contributed by atoms with Crippen molar-refractivity contribution in [3.63, 3.8) is 0 Å². The van der Waals surface area contributed by atoms with E-state index in [1.165, 1.54) is 0 Å². The molecule has 1 aromatic heterocycles. The van der Waals surface area contributed by atoms with E-state index >= 15 is 0 Å². The third kappa shape index (κ3) is 3.39. The van der Waals surface area contributed by atoms with Crippen LogP contribution in [0.4, 0.5) is 5.69 Å². The Morgan fingerprint density at radius 2 is 2.09 bits per heavy atom. The van der Waals surface area contributed by atoms with E-state index in [2.05, 4.69) is 10.1 Å². The van der Waals surface area contributed by atoms with Crippen LogP contribution < -0.4 is 4.90 Å². The number of rotatable bonds is 4. The SMILES string of the molecule is Cc1ccc(N2CC(C(=O)OCc3nc(C)no3)CC2=O)cc1. The third-order valence-electron chi connectivity index (χ3n) is 3.71. The Balaban J connectivity index is 1.60. The highest BCUT2D eigenvalue weighted by Gasteiger charge is 2.36. The van der Waals surface area contributed by atoms with Crippen LogP contribution in [0.2, 0.25) is 0 Å². The van der Waals surface area contributed by atoms with Crippen LogP contribution in [-0.4, -0.2) is 28.6 Å². The van der Waals surface area contributed by atoms with Crippen LogP contribution in [0.3, 0.4) is 0 Å². The van der Waals surface area contributed by atoms with Gasteiger partial charge < -0.3 is 14.2 Å². The number of hydrogen-bond donors (Lipinski definition) is 0. The van der Waals surface area contributed by atoms with Crippen molar-refractivity contribution in [3.8, 4) is 0 Å². The van der Waals surface area contributed by atoms with Crippen LogP contribution in [0.5, 0.6) is 0 Å². The largest absolute Gasteiger partial charge is 0.455 e. The van der Waals surface area contributed by atoms with Crippen LogP contribution in [0.15, 0.2) is 28.8 Å². The first-order valence-corrected chi connectivity index (χ1v) is 7.36. The van der Waals surface area contributed by atoms with Crippen molar-refractivity contribution in [2.24, 2.45) is 5.92 Å². The zero-order valence-corrected chi connectivity index (χ0v) is 13.0. The van der Waals surface area contributed by atoms with Gasteiger partial charge in [-0.05, 0) is 26.0 Å². The van der Waals surface area contributed by atoms with Gasteiger partial charge >= 0.3 is 5.97 Å². The molecule has 2 heterocycles. The van der Waals surface area contributed by atoms with Gasteiger partial charge in [0.05, 0.1) is 5.92 Å². The van der Waals surface area contributed by atoms with Crippen molar-refractivity contribution in [1.29, 1.82) is 0 Å². The molecule has 7 heteroatoms. The summed E-state index contributed by atoms with van der Waals surface area (Å²) in [7, 11) is 0. The Bertz CT molecular complexity index is 723. The van der Waals surface area contributed by atoms with Crippen molar-refractivity contribution in [2.45, 2.75) is 26.9 Å². The van der Waals surface area contributed by atoms with E-state index in [0.717, 1.165) is 11.3 Å². The number of amides is 1. The highest BCUT2D eigenvalue weighted by molar-refractivity contribution is 5.99. The van der Waals surface area contributed by atoms with Crippen molar-refractivity contribution in [3.05, 3.63) is 41.5 Å². The summed E-state index contributed by atoms with van der Waals surface area (Å²) in [4.78, 5) is 29.8. The summed E-state index contributed by atoms with van der Waals surface area (Å²) >= 11 is 0. The van der Waals surface area contributed by atoms with Gasteiger partial charge in [0.2, 0.25) is 5.91 Å². The fourth-order valence-electron chi connectivity index (χ4n) is 2.49. The second kappa shape index (κ2) is 6.20. The average molecular weight is 315 g/mol. The van der Waals surface area contributed by atoms with Gasteiger partial charge in [-0.1, -0.05) is 22.9 Å². The number of esters is 1. The lowest BCUT2D eigenvalue weighted by Gasteiger charge is -2.16. The molecule has 1 amide bonds.